The second-order valence-electron chi connectivity index (χ2n) is 8.98. The molecule has 0 bridgehead atoms. The predicted octanol–water partition coefficient (Wildman–Crippen LogP) is 4.52. The molecule has 0 unspecified atom stereocenters. The summed E-state index contributed by atoms with van der Waals surface area (Å²) in [4.78, 5) is 27.8. The number of aryl methyl sites for hydroxylation is 2. The number of ether oxygens (including phenoxy) is 3. The average molecular weight is 514 g/mol. The Morgan fingerprint density at radius 2 is 2.00 bits per heavy atom. The zero-order valence-corrected chi connectivity index (χ0v) is 21.7. The zero-order chi connectivity index (χ0) is 26.8. The van der Waals surface area contributed by atoms with Crippen LogP contribution in [0.4, 0.5) is 14.9 Å². The molecule has 3 rings (SSSR count). The van der Waals surface area contributed by atoms with Crippen molar-refractivity contribution < 1.29 is 28.2 Å². The first-order chi connectivity index (χ1) is 17.9. The molecule has 2 atom stereocenters. The molecule has 2 aromatic rings. The van der Waals surface area contributed by atoms with Gasteiger partial charge >= 0.3 is 6.09 Å². The van der Waals surface area contributed by atoms with E-state index in [0.29, 0.717) is 61.6 Å². The summed E-state index contributed by atoms with van der Waals surface area (Å²) in [6.07, 6.45) is 2.35. The number of likely N-dealkylation sites (tertiary alicyclic amines) is 1. The van der Waals surface area contributed by atoms with Crippen molar-refractivity contribution in [1.29, 1.82) is 0 Å². The largest absolute Gasteiger partial charge is 0.493 e. The van der Waals surface area contributed by atoms with Gasteiger partial charge in [0.25, 0.3) is 5.91 Å². The summed E-state index contributed by atoms with van der Waals surface area (Å²) < 4.78 is 29.2. The van der Waals surface area contributed by atoms with E-state index < -0.39 is 12.8 Å². The van der Waals surface area contributed by atoms with Crippen molar-refractivity contribution in [2.24, 2.45) is 0 Å². The third-order valence-electron chi connectivity index (χ3n) is 6.39. The number of alkyl halides is 1. The fraction of sp³-hybridized carbons (Fsp3) is 0.429. The fourth-order valence-electron chi connectivity index (χ4n) is 4.54. The standard InChI is InChI=1S/C28H36FN3O5/c1-5-13-32-18-22(37-28(34)31-24-11-7-6-9-19(24)2)16-21(32)17-30-27(33)23-14-20(10-8-12-29)15-25(35-3)26(23)36-4/h5-7,9,11,14-15,21-22H,1,8,10,12-13,16-18H2,2-4H3,(H,30,33)(H,31,34)/t21-,22+/m0/s1. The number of rotatable bonds is 12. The van der Waals surface area contributed by atoms with Crippen LogP contribution in [0.25, 0.3) is 0 Å². The molecule has 0 aromatic heterocycles. The Bertz CT molecular complexity index is 1090. The minimum absolute atomic E-state index is 0.0548. The van der Waals surface area contributed by atoms with Crippen molar-refractivity contribution in [2.45, 2.75) is 38.3 Å². The summed E-state index contributed by atoms with van der Waals surface area (Å²) >= 11 is 0. The van der Waals surface area contributed by atoms with Crippen molar-refractivity contribution >= 4 is 17.7 Å². The Kier molecular flexibility index (Phi) is 10.3. The Balaban J connectivity index is 1.65. The maximum Gasteiger partial charge on any atom is 0.411 e. The number of nitrogens with one attached hydrogen (secondary N) is 2. The van der Waals surface area contributed by atoms with E-state index in [0.717, 1.165) is 11.1 Å². The van der Waals surface area contributed by atoms with Gasteiger partial charge in [0.1, 0.15) is 6.10 Å². The minimum atomic E-state index is -0.510. The molecule has 0 spiro atoms. The van der Waals surface area contributed by atoms with Gasteiger partial charge in [0.2, 0.25) is 0 Å². The first-order valence-electron chi connectivity index (χ1n) is 12.4. The van der Waals surface area contributed by atoms with Gasteiger partial charge in [-0.2, -0.15) is 0 Å². The second-order valence-corrected chi connectivity index (χ2v) is 8.98. The Morgan fingerprint density at radius 3 is 2.68 bits per heavy atom. The number of para-hydroxylation sites is 1. The number of nitrogens with zero attached hydrogens (tertiary/aromatic N) is 1. The molecule has 1 heterocycles. The number of halogens is 1. The SMILES string of the molecule is C=CCN1C[C@H](OC(=O)Nc2ccccc2C)C[C@H]1CNC(=O)c1cc(CCCF)cc(OC)c1OC. The number of hydrogen-bond donors (Lipinski definition) is 2. The maximum absolute atomic E-state index is 13.2. The van der Waals surface area contributed by atoms with E-state index in [1.165, 1.54) is 14.2 Å². The molecule has 1 saturated heterocycles. The number of amides is 2. The van der Waals surface area contributed by atoms with Gasteiger partial charge in [-0.3, -0.25) is 19.4 Å². The van der Waals surface area contributed by atoms with Gasteiger partial charge < -0.3 is 19.5 Å². The Hall–Kier alpha value is -3.59. The molecule has 2 amide bonds. The van der Waals surface area contributed by atoms with Crippen molar-refractivity contribution in [3.63, 3.8) is 0 Å². The Morgan fingerprint density at radius 1 is 1.22 bits per heavy atom. The van der Waals surface area contributed by atoms with Crippen LogP contribution in [0, 0.1) is 6.92 Å². The molecule has 0 aliphatic carbocycles. The molecule has 2 N–H and O–H groups in total. The summed E-state index contributed by atoms with van der Waals surface area (Å²) in [5.74, 6) is 0.427. The number of hydrogen-bond acceptors (Lipinski definition) is 6. The molecule has 37 heavy (non-hydrogen) atoms. The molecule has 8 nitrogen and oxygen atoms in total. The number of carbonyl (C=O) groups excluding carboxylic acids is 2. The van der Waals surface area contributed by atoms with E-state index in [9.17, 15) is 14.0 Å². The minimum Gasteiger partial charge on any atom is -0.493 e. The van der Waals surface area contributed by atoms with Crippen LogP contribution in [0.3, 0.4) is 0 Å². The molecule has 200 valence electrons. The van der Waals surface area contributed by atoms with Crippen molar-refractivity contribution in [1.82, 2.24) is 10.2 Å². The summed E-state index contributed by atoms with van der Waals surface area (Å²) in [6.45, 7) is 6.76. The normalized spacial score (nSPS) is 17.2. The molecule has 2 aromatic carbocycles. The van der Waals surface area contributed by atoms with Crippen LogP contribution < -0.4 is 20.1 Å². The molecule has 1 fully saturated rings. The topological polar surface area (TPSA) is 89.1 Å². The van der Waals surface area contributed by atoms with E-state index >= 15 is 0 Å². The van der Waals surface area contributed by atoms with E-state index in [4.69, 9.17) is 14.2 Å². The van der Waals surface area contributed by atoms with Crippen molar-refractivity contribution in [2.75, 3.05) is 45.8 Å². The molecular formula is C28H36FN3O5. The van der Waals surface area contributed by atoms with E-state index in [1.807, 2.05) is 31.2 Å². The summed E-state index contributed by atoms with van der Waals surface area (Å²) in [5.41, 5.74) is 2.77. The third-order valence-corrected chi connectivity index (χ3v) is 6.39. The summed E-state index contributed by atoms with van der Waals surface area (Å²) in [6, 6.07) is 10.9. The van der Waals surface area contributed by atoms with Gasteiger partial charge in [-0.15, -0.1) is 6.58 Å². The van der Waals surface area contributed by atoms with Crippen LogP contribution in [-0.2, 0) is 11.2 Å². The predicted molar refractivity (Wildman–Crippen MR) is 141 cm³/mol. The van der Waals surface area contributed by atoms with Gasteiger partial charge in [-0.1, -0.05) is 24.3 Å². The van der Waals surface area contributed by atoms with Crippen LogP contribution in [0.2, 0.25) is 0 Å². The molecule has 1 aliphatic heterocycles. The van der Waals surface area contributed by atoms with Crippen molar-refractivity contribution in [3.8, 4) is 11.5 Å². The Labute approximate surface area is 217 Å². The first kappa shape index (κ1) is 28.0. The first-order valence-corrected chi connectivity index (χ1v) is 12.4. The van der Waals surface area contributed by atoms with Crippen LogP contribution in [-0.4, -0.2) is 69.6 Å². The van der Waals surface area contributed by atoms with Gasteiger partial charge in [0.05, 0.1) is 26.5 Å². The highest BCUT2D eigenvalue weighted by molar-refractivity contribution is 5.98. The van der Waals surface area contributed by atoms with Crippen LogP contribution >= 0.6 is 0 Å². The van der Waals surface area contributed by atoms with Gasteiger partial charge in [0, 0.05) is 37.8 Å². The number of anilines is 1. The van der Waals surface area contributed by atoms with E-state index in [1.54, 1.807) is 18.2 Å². The molecule has 0 radical (unpaired) electrons. The lowest BCUT2D eigenvalue weighted by molar-refractivity contribution is 0.0937. The fourth-order valence-corrected chi connectivity index (χ4v) is 4.54. The lowest BCUT2D eigenvalue weighted by atomic mass is 10.0. The second kappa shape index (κ2) is 13.6. The van der Waals surface area contributed by atoms with Crippen molar-refractivity contribution in [3.05, 3.63) is 65.7 Å². The monoisotopic (exact) mass is 513 g/mol. The highest BCUT2D eigenvalue weighted by atomic mass is 19.1. The lowest BCUT2D eigenvalue weighted by Gasteiger charge is -2.23. The molecule has 0 saturated carbocycles. The average Bonchev–Trinajstić information content (AvgIpc) is 3.27. The van der Waals surface area contributed by atoms with E-state index in [2.05, 4.69) is 22.1 Å². The third kappa shape index (κ3) is 7.45. The lowest BCUT2D eigenvalue weighted by Crippen LogP contribution is -2.40. The van der Waals surface area contributed by atoms with Gasteiger partial charge in [-0.25, -0.2) is 4.79 Å². The smallest absolute Gasteiger partial charge is 0.411 e. The summed E-state index contributed by atoms with van der Waals surface area (Å²) in [7, 11) is 2.97. The van der Waals surface area contributed by atoms with Crippen LogP contribution in [0.15, 0.2) is 49.1 Å². The molecular weight excluding hydrogens is 477 g/mol. The number of carbonyl (C=O) groups is 2. The molecule has 1 aliphatic rings. The van der Waals surface area contributed by atoms with Gasteiger partial charge in [0.15, 0.2) is 11.5 Å². The highest BCUT2D eigenvalue weighted by Gasteiger charge is 2.34. The van der Waals surface area contributed by atoms with E-state index in [-0.39, 0.29) is 18.1 Å². The quantitative estimate of drug-likeness (QED) is 0.406. The zero-order valence-electron chi connectivity index (χ0n) is 21.7. The number of methoxy groups -OCH3 is 2. The summed E-state index contributed by atoms with van der Waals surface area (Å²) in [5, 5.41) is 5.77. The number of benzene rings is 2. The maximum atomic E-state index is 13.2. The van der Waals surface area contributed by atoms with Crippen LogP contribution in [0.5, 0.6) is 11.5 Å². The molecule has 9 heteroatoms. The van der Waals surface area contributed by atoms with Crippen LogP contribution in [0.1, 0.15) is 34.3 Å². The highest BCUT2D eigenvalue weighted by Crippen LogP contribution is 2.33. The van der Waals surface area contributed by atoms with Gasteiger partial charge in [-0.05, 0) is 49.1 Å².